The normalized spacial score (nSPS) is 12.8. The van der Waals surface area contributed by atoms with Crippen LogP contribution < -0.4 is 5.32 Å². The third-order valence-corrected chi connectivity index (χ3v) is 4.44. The molecule has 0 aliphatic rings. The van der Waals surface area contributed by atoms with Crippen LogP contribution in [0, 0.1) is 0 Å². The second kappa shape index (κ2) is 5.79. The molecule has 5 heteroatoms. The van der Waals surface area contributed by atoms with Crippen molar-refractivity contribution in [1.29, 1.82) is 0 Å². The first-order chi connectivity index (χ1) is 10.1. The molecular formula is C16H15BrClN3. The molecular weight excluding hydrogens is 350 g/mol. The maximum atomic E-state index is 6.28. The molecule has 3 nitrogen and oxygen atoms in total. The van der Waals surface area contributed by atoms with Crippen LogP contribution in [0.5, 0.6) is 0 Å². The molecule has 0 aliphatic heterocycles. The van der Waals surface area contributed by atoms with Gasteiger partial charge >= 0.3 is 0 Å². The SMILES string of the molecule is CNC(c1ccc2cc(Br)ccc2c1)c1c(Cl)cnn1C. The molecule has 0 saturated carbocycles. The van der Waals surface area contributed by atoms with Crippen molar-refractivity contribution in [2.24, 2.45) is 7.05 Å². The van der Waals surface area contributed by atoms with Gasteiger partial charge in [0.2, 0.25) is 0 Å². The smallest absolute Gasteiger partial charge is 0.0837 e. The second-order valence-electron chi connectivity index (χ2n) is 4.97. The van der Waals surface area contributed by atoms with Gasteiger partial charge in [-0.2, -0.15) is 5.10 Å². The van der Waals surface area contributed by atoms with E-state index in [9.17, 15) is 0 Å². The second-order valence-corrected chi connectivity index (χ2v) is 6.30. The van der Waals surface area contributed by atoms with Crippen LogP contribution in [0.15, 0.2) is 47.1 Å². The molecule has 1 aromatic heterocycles. The highest BCUT2D eigenvalue weighted by molar-refractivity contribution is 9.10. The summed E-state index contributed by atoms with van der Waals surface area (Å²) >= 11 is 9.78. The number of fused-ring (bicyclic) bond motifs is 1. The van der Waals surface area contributed by atoms with E-state index in [1.54, 1.807) is 6.20 Å². The van der Waals surface area contributed by atoms with Crippen LogP contribution in [-0.4, -0.2) is 16.8 Å². The van der Waals surface area contributed by atoms with Crippen LogP contribution in [0.4, 0.5) is 0 Å². The quantitative estimate of drug-likeness (QED) is 0.751. The number of nitrogens with zero attached hydrogens (tertiary/aromatic N) is 2. The first-order valence-electron chi connectivity index (χ1n) is 6.64. The Morgan fingerprint density at radius 1 is 1.19 bits per heavy atom. The number of nitrogens with one attached hydrogen (secondary N) is 1. The van der Waals surface area contributed by atoms with Crippen LogP contribution in [0.1, 0.15) is 17.3 Å². The van der Waals surface area contributed by atoms with Crippen LogP contribution in [-0.2, 0) is 7.05 Å². The van der Waals surface area contributed by atoms with E-state index in [-0.39, 0.29) is 6.04 Å². The summed E-state index contributed by atoms with van der Waals surface area (Å²) in [6.07, 6.45) is 1.68. The minimum atomic E-state index is 0.0121. The lowest BCUT2D eigenvalue weighted by Crippen LogP contribution is -2.21. The highest BCUT2D eigenvalue weighted by Crippen LogP contribution is 2.30. The molecule has 3 aromatic rings. The van der Waals surface area contributed by atoms with Crippen molar-refractivity contribution < 1.29 is 0 Å². The molecule has 0 fully saturated rings. The first kappa shape index (κ1) is 14.6. The summed E-state index contributed by atoms with van der Waals surface area (Å²) in [6.45, 7) is 0. The van der Waals surface area contributed by atoms with Gasteiger partial charge in [-0.25, -0.2) is 0 Å². The van der Waals surface area contributed by atoms with Gasteiger partial charge in [0.25, 0.3) is 0 Å². The molecule has 0 saturated heterocycles. The van der Waals surface area contributed by atoms with Gasteiger partial charge in [0.05, 0.1) is 23.0 Å². The largest absolute Gasteiger partial charge is 0.308 e. The predicted octanol–water partition coefficient (Wildman–Crippen LogP) is 4.30. The number of aryl methyl sites for hydroxylation is 1. The van der Waals surface area contributed by atoms with Crippen molar-refractivity contribution >= 4 is 38.3 Å². The molecule has 1 unspecified atom stereocenters. The topological polar surface area (TPSA) is 29.9 Å². The standard InChI is InChI=1S/C16H15BrClN3/c1-19-15(16-14(18)9-20-21(16)2)12-4-3-11-8-13(17)6-5-10(11)7-12/h3-9,15,19H,1-2H3. The fourth-order valence-corrected chi connectivity index (χ4v) is 3.27. The van der Waals surface area contributed by atoms with Gasteiger partial charge < -0.3 is 5.32 Å². The summed E-state index contributed by atoms with van der Waals surface area (Å²) < 4.78 is 2.90. The molecule has 1 atom stereocenters. The van der Waals surface area contributed by atoms with Gasteiger partial charge in [-0.15, -0.1) is 0 Å². The summed E-state index contributed by atoms with van der Waals surface area (Å²) in [6, 6.07) is 12.7. The Morgan fingerprint density at radius 2 is 1.90 bits per heavy atom. The Labute approximate surface area is 137 Å². The van der Waals surface area contributed by atoms with E-state index in [2.05, 4.69) is 62.7 Å². The number of rotatable bonds is 3. The molecule has 2 aromatic carbocycles. The molecule has 0 aliphatic carbocycles. The van der Waals surface area contributed by atoms with Gasteiger partial charge in [-0.05, 0) is 41.6 Å². The van der Waals surface area contributed by atoms with E-state index >= 15 is 0 Å². The van der Waals surface area contributed by atoms with E-state index < -0.39 is 0 Å². The number of benzene rings is 2. The minimum absolute atomic E-state index is 0.0121. The highest BCUT2D eigenvalue weighted by atomic mass is 79.9. The first-order valence-corrected chi connectivity index (χ1v) is 7.81. The van der Waals surface area contributed by atoms with Crippen molar-refractivity contribution in [2.45, 2.75) is 6.04 Å². The summed E-state index contributed by atoms with van der Waals surface area (Å²) in [5.41, 5.74) is 2.13. The Bertz CT molecular complexity index is 778. The molecule has 0 spiro atoms. The highest BCUT2D eigenvalue weighted by Gasteiger charge is 2.19. The van der Waals surface area contributed by atoms with Crippen LogP contribution in [0.25, 0.3) is 10.8 Å². The zero-order valence-electron chi connectivity index (χ0n) is 11.8. The van der Waals surface area contributed by atoms with Crippen LogP contribution >= 0.6 is 27.5 Å². The van der Waals surface area contributed by atoms with E-state index in [0.717, 1.165) is 15.7 Å². The number of halogens is 2. The summed E-state index contributed by atoms with van der Waals surface area (Å²) in [5, 5.41) is 10.6. The maximum absolute atomic E-state index is 6.28. The number of hydrogen-bond acceptors (Lipinski definition) is 2. The van der Waals surface area contributed by atoms with Crippen molar-refractivity contribution in [3.8, 4) is 0 Å². The zero-order valence-corrected chi connectivity index (χ0v) is 14.1. The molecule has 0 bridgehead atoms. The molecule has 0 amide bonds. The van der Waals surface area contributed by atoms with Gasteiger partial charge in [0.1, 0.15) is 0 Å². The predicted molar refractivity (Wildman–Crippen MR) is 90.8 cm³/mol. The van der Waals surface area contributed by atoms with Crippen molar-refractivity contribution in [3.05, 3.63) is 63.3 Å². The number of aromatic nitrogens is 2. The van der Waals surface area contributed by atoms with Crippen molar-refractivity contribution in [2.75, 3.05) is 7.05 Å². The van der Waals surface area contributed by atoms with Crippen LogP contribution in [0.3, 0.4) is 0 Å². The minimum Gasteiger partial charge on any atom is -0.308 e. The van der Waals surface area contributed by atoms with Gasteiger partial charge in [-0.3, -0.25) is 4.68 Å². The average molecular weight is 365 g/mol. The van der Waals surface area contributed by atoms with Crippen LogP contribution in [0.2, 0.25) is 5.02 Å². The third-order valence-electron chi connectivity index (χ3n) is 3.66. The molecule has 0 radical (unpaired) electrons. The Balaban J connectivity index is 2.11. The lowest BCUT2D eigenvalue weighted by Gasteiger charge is -2.18. The van der Waals surface area contributed by atoms with E-state index in [1.165, 1.54) is 10.8 Å². The Morgan fingerprint density at radius 3 is 2.57 bits per heavy atom. The Hall–Kier alpha value is -1.36. The summed E-state index contributed by atoms with van der Waals surface area (Å²) in [7, 11) is 3.84. The van der Waals surface area contributed by atoms with Gasteiger partial charge in [0, 0.05) is 11.5 Å². The molecule has 1 N–H and O–H groups in total. The van der Waals surface area contributed by atoms with Crippen molar-refractivity contribution in [3.63, 3.8) is 0 Å². The molecule has 21 heavy (non-hydrogen) atoms. The van der Waals surface area contributed by atoms with E-state index in [1.807, 2.05) is 18.8 Å². The lowest BCUT2D eigenvalue weighted by atomic mass is 10.00. The van der Waals surface area contributed by atoms with E-state index in [4.69, 9.17) is 11.6 Å². The van der Waals surface area contributed by atoms with Gasteiger partial charge in [0.15, 0.2) is 0 Å². The maximum Gasteiger partial charge on any atom is 0.0837 e. The summed E-state index contributed by atoms with van der Waals surface area (Å²) in [4.78, 5) is 0. The molecule has 3 rings (SSSR count). The number of hydrogen-bond donors (Lipinski definition) is 1. The third kappa shape index (κ3) is 2.71. The molecule has 1 heterocycles. The lowest BCUT2D eigenvalue weighted by molar-refractivity contribution is 0.607. The monoisotopic (exact) mass is 363 g/mol. The van der Waals surface area contributed by atoms with Gasteiger partial charge in [-0.1, -0.05) is 45.7 Å². The fourth-order valence-electron chi connectivity index (χ4n) is 2.62. The Kier molecular flexibility index (Phi) is 4.02. The average Bonchev–Trinajstić information content (AvgIpc) is 2.80. The summed E-state index contributed by atoms with van der Waals surface area (Å²) in [5.74, 6) is 0. The zero-order chi connectivity index (χ0) is 15.0. The fraction of sp³-hybridized carbons (Fsp3) is 0.188. The van der Waals surface area contributed by atoms with Crippen molar-refractivity contribution in [1.82, 2.24) is 15.1 Å². The molecule has 108 valence electrons. The van der Waals surface area contributed by atoms with E-state index in [0.29, 0.717) is 5.02 Å².